The maximum Gasteiger partial charge on any atom is 0.136 e. The number of allylic oxidation sites excluding steroid dienone is 3. The number of fused-ring (bicyclic) bond motifs is 3. The van der Waals surface area contributed by atoms with Crippen molar-refractivity contribution in [3.63, 3.8) is 0 Å². The van der Waals surface area contributed by atoms with Crippen LogP contribution in [0, 0.1) is 0 Å². The molecule has 0 spiro atoms. The fraction of sp³-hybridized carbons (Fsp3) is 0.0435. The van der Waals surface area contributed by atoms with E-state index < -0.39 is 0 Å². The lowest BCUT2D eigenvalue weighted by atomic mass is 10.00. The summed E-state index contributed by atoms with van der Waals surface area (Å²) in [5, 5.41) is 2.32. The zero-order chi connectivity index (χ0) is 16.5. The van der Waals surface area contributed by atoms with Crippen LogP contribution in [0.1, 0.15) is 18.1 Å². The second kappa shape index (κ2) is 5.86. The van der Waals surface area contributed by atoms with Crippen molar-refractivity contribution in [2.24, 2.45) is 0 Å². The molecule has 0 bridgehead atoms. The number of hydrogen-bond acceptors (Lipinski definition) is 1. The predicted octanol–water partition coefficient (Wildman–Crippen LogP) is 6.70. The van der Waals surface area contributed by atoms with Crippen LogP contribution >= 0.6 is 0 Å². The summed E-state index contributed by atoms with van der Waals surface area (Å²) in [6, 6.07) is 24.8. The normalized spacial score (nSPS) is 12.0. The van der Waals surface area contributed by atoms with E-state index in [2.05, 4.69) is 56.0 Å². The van der Waals surface area contributed by atoms with E-state index in [4.69, 9.17) is 4.42 Å². The first-order valence-corrected chi connectivity index (χ1v) is 8.07. The van der Waals surface area contributed by atoms with Crippen molar-refractivity contribution in [1.29, 1.82) is 0 Å². The molecule has 0 saturated carbocycles. The quantitative estimate of drug-likeness (QED) is 0.384. The third kappa shape index (κ3) is 2.55. The molecule has 3 aromatic carbocycles. The fourth-order valence-electron chi connectivity index (χ4n) is 3.05. The topological polar surface area (TPSA) is 13.1 Å². The van der Waals surface area contributed by atoms with E-state index in [-0.39, 0.29) is 0 Å². The maximum atomic E-state index is 5.98. The lowest BCUT2D eigenvalue weighted by Crippen LogP contribution is -1.82. The lowest BCUT2D eigenvalue weighted by molar-refractivity contribution is 0.669. The highest BCUT2D eigenvalue weighted by Crippen LogP contribution is 2.31. The van der Waals surface area contributed by atoms with Gasteiger partial charge in [-0.05, 0) is 47.4 Å². The van der Waals surface area contributed by atoms with E-state index in [1.54, 1.807) is 0 Å². The van der Waals surface area contributed by atoms with E-state index in [1.165, 1.54) is 5.57 Å². The number of para-hydroxylation sites is 1. The molecule has 1 heterocycles. The molecule has 1 aromatic heterocycles. The Hall–Kier alpha value is -3.06. The third-order valence-corrected chi connectivity index (χ3v) is 4.37. The standard InChI is InChI=1S/C23H18O/c1-16(18-8-4-3-5-9-18)14-17(2)19-12-13-21-20-10-6-7-11-22(20)24-23(21)15-19/h3-15H,1H2,2H3/b17-14+. The molecule has 24 heavy (non-hydrogen) atoms. The number of rotatable bonds is 3. The SMILES string of the molecule is C=C(/C=C(\C)c1ccc2c(c1)oc1ccccc12)c1ccccc1. The van der Waals surface area contributed by atoms with Crippen molar-refractivity contribution < 1.29 is 4.42 Å². The minimum Gasteiger partial charge on any atom is -0.456 e. The highest BCUT2D eigenvalue weighted by molar-refractivity contribution is 6.05. The highest BCUT2D eigenvalue weighted by Gasteiger charge is 2.07. The molecule has 1 heteroatoms. The van der Waals surface area contributed by atoms with Gasteiger partial charge < -0.3 is 4.42 Å². The number of hydrogen-bond donors (Lipinski definition) is 0. The van der Waals surface area contributed by atoms with Gasteiger partial charge in [-0.1, -0.05) is 67.3 Å². The maximum absolute atomic E-state index is 5.98. The lowest BCUT2D eigenvalue weighted by Gasteiger charge is -2.05. The molecule has 0 aliphatic rings. The molecule has 0 fully saturated rings. The zero-order valence-electron chi connectivity index (χ0n) is 13.6. The van der Waals surface area contributed by atoms with Crippen LogP contribution < -0.4 is 0 Å². The van der Waals surface area contributed by atoms with Crippen molar-refractivity contribution in [3.8, 4) is 0 Å². The van der Waals surface area contributed by atoms with Crippen LogP contribution in [0.4, 0.5) is 0 Å². The summed E-state index contributed by atoms with van der Waals surface area (Å²) in [5.74, 6) is 0. The molecular weight excluding hydrogens is 292 g/mol. The van der Waals surface area contributed by atoms with Gasteiger partial charge >= 0.3 is 0 Å². The summed E-state index contributed by atoms with van der Waals surface area (Å²) >= 11 is 0. The van der Waals surface area contributed by atoms with Gasteiger partial charge in [0.05, 0.1) is 0 Å². The first kappa shape index (κ1) is 14.5. The van der Waals surface area contributed by atoms with Crippen molar-refractivity contribution in [1.82, 2.24) is 0 Å². The summed E-state index contributed by atoms with van der Waals surface area (Å²) in [5.41, 5.74) is 6.33. The second-order valence-electron chi connectivity index (χ2n) is 6.03. The van der Waals surface area contributed by atoms with Crippen LogP contribution in [0.2, 0.25) is 0 Å². The molecule has 1 nitrogen and oxygen atoms in total. The number of benzene rings is 3. The van der Waals surface area contributed by atoms with Crippen molar-refractivity contribution in [2.75, 3.05) is 0 Å². The first-order chi connectivity index (χ1) is 11.7. The molecule has 0 aliphatic carbocycles. The number of furan rings is 1. The predicted molar refractivity (Wildman–Crippen MR) is 103 cm³/mol. The molecule has 4 aromatic rings. The Bertz CT molecular complexity index is 1070. The van der Waals surface area contributed by atoms with Crippen LogP contribution in [0.25, 0.3) is 33.1 Å². The molecule has 116 valence electrons. The summed E-state index contributed by atoms with van der Waals surface area (Å²) in [4.78, 5) is 0. The van der Waals surface area contributed by atoms with Crippen LogP contribution in [0.5, 0.6) is 0 Å². The molecule has 0 saturated heterocycles. The smallest absolute Gasteiger partial charge is 0.136 e. The average molecular weight is 310 g/mol. The highest BCUT2D eigenvalue weighted by atomic mass is 16.3. The Morgan fingerprint density at radius 3 is 2.33 bits per heavy atom. The van der Waals surface area contributed by atoms with Gasteiger partial charge in [-0.25, -0.2) is 0 Å². The van der Waals surface area contributed by atoms with Gasteiger partial charge in [0, 0.05) is 10.8 Å². The molecular formula is C23H18O. The molecule has 0 unspecified atom stereocenters. The minimum absolute atomic E-state index is 0.923. The fourth-order valence-corrected chi connectivity index (χ4v) is 3.05. The Kier molecular flexibility index (Phi) is 3.55. The molecule has 0 N–H and O–H groups in total. The summed E-state index contributed by atoms with van der Waals surface area (Å²) in [6.45, 7) is 6.30. The van der Waals surface area contributed by atoms with E-state index >= 15 is 0 Å². The van der Waals surface area contributed by atoms with Crippen molar-refractivity contribution in [2.45, 2.75) is 6.92 Å². The molecule has 0 aliphatic heterocycles. The summed E-state index contributed by atoms with van der Waals surface area (Å²) in [6.07, 6.45) is 2.12. The van der Waals surface area contributed by atoms with Crippen LogP contribution in [-0.2, 0) is 0 Å². The van der Waals surface area contributed by atoms with Crippen LogP contribution in [-0.4, -0.2) is 0 Å². The second-order valence-corrected chi connectivity index (χ2v) is 6.03. The van der Waals surface area contributed by atoms with Gasteiger partial charge in [0.25, 0.3) is 0 Å². The molecule has 0 atom stereocenters. The Labute approximate surface area is 141 Å². The van der Waals surface area contributed by atoms with Gasteiger partial charge in [-0.15, -0.1) is 0 Å². The minimum atomic E-state index is 0.923. The van der Waals surface area contributed by atoms with E-state index in [9.17, 15) is 0 Å². The van der Waals surface area contributed by atoms with E-state index in [0.717, 1.165) is 38.6 Å². The van der Waals surface area contributed by atoms with Gasteiger partial charge in [-0.2, -0.15) is 0 Å². The van der Waals surface area contributed by atoms with Gasteiger partial charge in [0.15, 0.2) is 0 Å². The monoisotopic (exact) mass is 310 g/mol. The molecule has 0 radical (unpaired) electrons. The van der Waals surface area contributed by atoms with E-state index in [1.807, 2.05) is 36.4 Å². The third-order valence-electron chi connectivity index (χ3n) is 4.37. The Morgan fingerprint density at radius 2 is 1.50 bits per heavy atom. The summed E-state index contributed by atoms with van der Waals surface area (Å²) in [7, 11) is 0. The zero-order valence-corrected chi connectivity index (χ0v) is 13.6. The molecule has 4 rings (SSSR count). The van der Waals surface area contributed by atoms with Gasteiger partial charge in [-0.3, -0.25) is 0 Å². The Balaban J connectivity index is 1.74. The van der Waals surface area contributed by atoms with Crippen LogP contribution in [0.15, 0.2) is 89.9 Å². The summed E-state index contributed by atoms with van der Waals surface area (Å²) < 4.78 is 5.98. The largest absolute Gasteiger partial charge is 0.456 e. The van der Waals surface area contributed by atoms with Crippen LogP contribution in [0.3, 0.4) is 0 Å². The van der Waals surface area contributed by atoms with Gasteiger partial charge in [0.2, 0.25) is 0 Å². The van der Waals surface area contributed by atoms with Gasteiger partial charge in [0.1, 0.15) is 11.2 Å². The van der Waals surface area contributed by atoms with E-state index in [0.29, 0.717) is 0 Å². The van der Waals surface area contributed by atoms with Crippen molar-refractivity contribution in [3.05, 3.63) is 96.6 Å². The average Bonchev–Trinajstić information content (AvgIpc) is 3.00. The first-order valence-electron chi connectivity index (χ1n) is 8.07. The molecule has 0 amide bonds. The van der Waals surface area contributed by atoms with Crippen molar-refractivity contribution >= 4 is 33.1 Å². The Morgan fingerprint density at radius 1 is 0.792 bits per heavy atom.